The number of carbonyl (C=O) groups is 3. The van der Waals surface area contributed by atoms with Crippen LogP contribution in [0.2, 0.25) is 0 Å². The number of nitrogens with zero attached hydrogens (tertiary/aromatic N) is 4. The van der Waals surface area contributed by atoms with Gasteiger partial charge in [-0.2, -0.15) is 0 Å². The maximum atomic E-state index is 13.5. The molecule has 0 radical (unpaired) electrons. The molecule has 15 heteroatoms. The summed E-state index contributed by atoms with van der Waals surface area (Å²) in [6.07, 6.45) is 3.60. The van der Waals surface area contributed by atoms with E-state index in [0.29, 0.717) is 38.5 Å². The largest absolute Gasteiger partial charge is 0.497 e. The Morgan fingerprint density at radius 2 is 1.89 bits per heavy atom. The minimum absolute atomic E-state index is 0.0230. The molecule has 13 nitrogen and oxygen atoms in total. The van der Waals surface area contributed by atoms with E-state index in [4.69, 9.17) is 9.47 Å². The molecule has 2 heterocycles. The maximum Gasteiger partial charge on any atom is 0.341 e. The van der Waals surface area contributed by atoms with E-state index in [0.717, 1.165) is 47.9 Å². The van der Waals surface area contributed by atoms with E-state index < -0.39 is 16.1 Å². The maximum absolute atomic E-state index is 13.5. The first kappa shape index (κ1) is 32.6. The van der Waals surface area contributed by atoms with Crippen LogP contribution in [0.25, 0.3) is 5.69 Å². The molecule has 240 valence electrons. The summed E-state index contributed by atoms with van der Waals surface area (Å²) in [5.41, 5.74) is 2.17. The molecule has 1 aliphatic rings. The second-order valence-corrected chi connectivity index (χ2v) is 12.7. The van der Waals surface area contributed by atoms with E-state index in [2.05, 4.69) is 20.8 Å². The Balaban J connectivity index is 1.38. The van der Waals surface area contributed by atoms with Crippen molar-refractivity contribution in [2.75, 3.05) is 19.0 Å². The zero-order valence-corrected chi connectivity index (χ0v) is 27.0. The van der Waals surface area contributed by atoms with Crippen molar-refractivity contribution in [1.82, 2.24) is 20.1 Å². The number of aromatic nitrogens is 3. The number of amides is 2. The number of non-ortho nitro benzene ring substituents is 1. The minimum atomic E-state index is -0.686. The molecule has 0 fully saturated rings. The number of thioether (sulfide) groups is 1. The predicted molar refractivity (Wildman–Crippen MR) is 173 cm³/mol. The van der Waals surface area contributed by atoms with Gasteiger partial charge in [-0.1, -0.05) is 17.8 Å². The molecule has 2 amide bonds. The van der Waals surface area contributed by atoms with Crippen LogP contribution in [0.3, 0.4) is 0 Å². The molecule has 2 N–H and O–H groups in total. The molecule has 1 aliphatic carbocycles. The number of carbonyl (C=O) groups excluding carboxylic acids is 3. The lowest BCUT2D eigenvalue weighted by molar-refractivity contribution is -0.384. The van der Waals surface area contributed by atoms with Crippen molar-refractivity contribution in [3.05, 3.63) is 86.0 Å². The van der Waals surface area contributed by atoms with Gasteiger partial charge >= 0.3 is 5.97 Å². The lowest BCUT2D eigenvalue weighted by atomic mass is 9.95. The number of anilines is 1. The minimum Gasteiger partial charge on any atom is -0.497 e. The summed E-state index contributed by atoms with van der Waals surface area (Å²) < 4.78 is 12.2. The van der Waals surface area contributed by atoms with Crippen molar-refractivity contribution >= 4 is 51.6 Å². The van der Waals surface area contributed by atoms with Gasteiger partial charge in [-0.25, -0.2) is 4.79 Å². The number of hydrogen-bond donors (Lipinski definition) is 2. The topological polar surface area (TPSA) is 168 Å². The normalized spacial score (nSPS) is 12.9. The number of benzene rings is 2. The van der Waals surface area contributed by atoms with Crippen molar-refractivity contribution in [1.29, 1.82) is 0 Å². The third kappa shape index (κ3) is 7.21. The van der Waals surface area contributed by atoms with Crippen molar-refractivity contribution in [3.63, 3.8) is 0 Å². The third-order valence-electron chi connectivity index (χ3n) is 7.30. The van der Waals surface area contributed by atoms with E-state index in [1.807, 2.05) is 0 Å². The lowest BCUT2D eigenvalue weighted by Gasteiger charge is -2.15. The van der Waals surface area contributed by atoms with Gasteiger partial charge in [0, 0.05) is 28.3 Å². The van der Waals surface area contributed by atoms with Crippen molar-refractivity contribution in [2.24, 2.45) is 0 Å². The molecule has 0 bridgehead atoms. The van der Waals surface area contributed by atoms with Crippen LogP contribution in [-0.4, -0.2) is 56.4 Å². The fourth-order valence-electron chi connectivity index (χ4n) is 5.00. The number of nitrogens with one attached hydrogen (secondary N) is 2. The number of thiophene rings is 1. The molecule has 46 heavy (non-hydrogen) atoms. The number of esters is 1. The fraction of sp³-hybridized carbons (Fsp3) is 0.323. The first-order valence-electron chi connectivity index (χ1n) is 14.6. The van der Waals surface area contributed by atoms with E-state index in [-0.39, 0.29) is 30.7 Å². The highest BCUT2D eigenvalue weighted by atomic mass is 32.2. The summed E-state index contributed by atoms with van der Waals surface area (Å²) in [4.78, 5) is 51.1. The highest BCUT2D eigenvalue weighted by Crippen LogP contribution is 2.39. The van der Waals surface area contributed by atoms with Gasteiger partial charge in [0.15, 0.2) is 11.0 Å². The predicted octanol–water partition coefficient (Wildman–Crippen LogP) is 5.35. The molecular weight excluding hydrogens is 633 g/mol. The second-order valence-electron chi connectivity index (χ2n) is 10.3. The summed E-state index contributed by atoms with van der Waals surface area (Å²) >= 11 is 2.53. The highest BCUT2D eigenvalue weighted by molar-refractivity contribution is 8.00. The second kappa shape index (κ2) is 14.6. The molecule has 0 saturated carbocycles. The standard InChI is InChI=1S/C31H32N6O7S2/c1-4-44-30(40)26-23-10-5-6-11-24(23)46-29(26)33-27(38)18(2)45-31-35-34-25(36(31)20-12-14-21(15-13-20)37(41)42)17-32-28(39)19-8-7-9-22(16-19)43-3/h7-9,12-16,18H,4-6,10-11,17H2,1-3H3,(H,32,39)(H,33,38)/t18-/m0/s1. The van der Waals surface area contributed by atoms with Gasteiger partial charge in [-0.3, -0.25) is 24.3 Å². The third-order valence-corrected chi connectivity index (χ3v) is 9.55. The quantitative estimate of drug-likeness (QED) is 0.0872. The first-order chi connectivity index (χ1) is 22.2. The number of fused-ring (bicyclic) bond motifs is 1. The molecule has 0 spiro atoms. The monoisotopic (exact) mass is 664 g/mol. The van der Waals surface area contributed by atoms with Gasteiger partial charge in [0.05, 0.1) is 36.0 Å². The molecule has 0 saturated heterocycles. The Kier molecular flexibility index (Phi) is 10.3. The SMILES string of the molecule is CCOC(=O)c1c(NC(=O)[C@H](C)Sc2nnc(CNC(=O)c3cccc(OC)c3)n2-c2ccc([N+](=O)[O-])cc2)sc2c1CCCC2. The zero-order chi connectivity index (χ0) is 32.8. The number of aryl methyl sites for hydroxylation is 1. The van der Waals surface area contributed by atoms with Gasteiger partial charge in [-0.05, 0) is 75.4 Å². The van der Waals surface area contributed by atoms with E-state index in [1.54, 1.807) is 54.8 Å². The highest BCUT2D eigenvalue weighted by Gasteiger charge is 2.29. The van der Waals surface area contributed by atoms with Crippen molar-refractivity contribution < 1.29 is 28.8 Å². The Morgan fingerprint density at radius 1 is 1.13 bits per heavy atom. The summed E-state index contributed by atoms with van der Waals surface area (Å²) in [5.74, 6) is -0.285. The van der Waals surface area contributed by atoms with E-state index in [1.165, 1.54) is 30.6 Å². The Labute approximate surface area is 272 Å². The summed E-state index contributed by atoms with van der Waals surface area (Å²) in [5, 5.41) is 25.7. The Morgan fingerprint density at radius 3 is 2.61 bits per heavy atom. The molecule has 5 rings (SSSR count). The Bertz CT molecular complexity index is 1770. The van der Waals surface area contributed by atoms with Crippen molar-refractivity contribution in [3.8, 4) is 11.4 Å². The van der Waals surface area contributed by atoms with Crippen LogP contribution in [0.1, 0.15) is 63.7 Å². The van der Waals surface area contributed by atoms with E-state index >= 15 is 0 Å². The van der Waals surface area contributed by atoms with Crippen LogP contribution >= 0.6 is 23.1 Å². The fourth-order valence-corrected chi connectivity index (χ4v) is 7.16. The summed E-state index contributed by atoms with van der Waals surface area (Å²) in [7, 11) is 1.51. The van der Waals surface area contributed by atoms with Crippen LogP contribution in [0.5, 0.6) is 5.75 Å². The van der Waals surface area contributed by atoms with Crippen LogP contribution in [-0.2, 0) is 28.9 Å². The average molecular weight is 665 g/mol. The molecule has 0 unspecified atom stereocenters. The molecular formula is C31H32N6O7S2. The smallest absolute Gasteiger partial charge is 0.341 e. The molecule has 4 aromatic rings. The molecule has 2 aromatic carbocycles. The summed E-state index contributed by atoms with van der Waals surface area (Å²) in [6, 6.07) is 12.5. The van der Waals surface area contributed by atoms with Gasteiger partial charge in [-0.15, -0.1) is 21.5 Å². The number of ether oxygens (including phenoxy) is 2. The number of hydrogen-bond acceptors (Lipinski definition) is 11. The zero-order valence-electron chi connectivity index (χ0n) is 25.4. The van der Waals surface area contributed by atoms with Crippen LogP contribution in [0.15, 0.2) is 53.7 Å². The number of nitro groups is 1. The van der Waals surface area contributed by atoms with Crippen LogP contribution in [0.4, 0.5) is 10.7 Å². The molecule has 0 aliphatic heterocycles. The van der Waals surface area contributed by atoms with Crippen molar-refractivity contribution in [2.45, 2.75) is 56.5 Å². The van der Waals surface area contributed by atoms with Crippen LogP contribution in [0, 0.1) is 10.1 Å². The molecule has 1 atom stereocenters. The van der Waals surface area contributed by atoms with Gasteiger partial charge in [0.1, 0.15) is 10.8 Å². The number of nitro benzene ring substituents is 1. The Hall–Kier alpha value is -4.76. The number of methoxy groups -OCH3 is 1. The van der Waals surface area contributed by atoms with Gasteiger partial charge in [0.25, 0.3) is 11.6 Å². The van der Waals surface area contributed by atoms with Gasteiger partial charge < -0.3 is 20.1 Å². The average Bonchev–Trinajstić information content (AvgIpc) is 3.64. The van der Waals surface area contributed by atoms with Gasteiger partial charge in [0.2, 0.25) is 5.91 Å². The van der Waals surface area contributed by atoms with Crippen LogP contribution < -0.4 is 15.4 Å². The number of rotatable bonds is 12. The summed E-state index contributed by atoms with van der Waals surface area (Å²) in [6.45, 7) is 3.65. The van der Waals surface area contributed by atoms with E-state index in [9.17, 15) is 24.5 Å². The lowest BCUT2D eigenvalue weighted by Crippen LogP contribution is -2.25. The first-order valence-corrected chi connectivity index (χ1v) is 16.3. The molecule has 2 aromatic heterocycles.